The van der Waals surface area contributed by atoms with Crippen molar-refractivity contribution in [2.75, 3.05) is 14.7 Å². The zero-order valence-corrected chi connectivity index (χ0v) is 44.6. The zero-order valence-electron chi connectivity index (χ0n) is 44.6. The summed E-state index contributed by atoms with van der Waals surface area (Å²) >= 11 is 0. The van der Waals surface area contributed by atoms with Gasteiger partial charge in [0.1, 0.15) is 11.2 Å². The van der Waals surface area contributed by atoms with Gasteiger partial charge in [-0.05, 0) is 154 Å². The number of benzene rings is 7. The summed E-state index contributed by atoms with van der Waals surface area (Å²) in [5.74, 6) is 0. The Morgan fingerprint density at radius 2 is 1.07 bits per heavy atom. The van der Waals surface area contributed by atoms with Crippen LogP contribution in [0.2, 0.25) is 0 Å². The summed E-state index contributed by atoms with van der Waals surface area (Å²) in [6, 6.07) is 58.1. The van der Waals surface area contributed by atoms with Gasteiger partial charge in [0.05, 0.1) is 11.2 Å². The Labute approximate surface area is 433 Å². The Bertz CT molecular complexity index is 3700. The molecule has 0 spiro atoms. The predicted molar refractivity (Wildman–Crippen MR) is 310 cm³/mol. The topological polar surface area (TPSA) is 35.8 Å². The highest BCUT2D eigenvalue weighted by atomic mass is 16.3. The summed E-state index contributed by atoms with van der Waals surface area (Å²) in [6.45, 7) is 26.1. The van der Waals surface area contributed by atoms with Gasteiger partial charge >= 0.3 is 0 Å². The molecule has 5 heterocycles. The van der Waals surface area contributed by atoms with Crippen molar-refractivity contribution < 1.29 is 4.42 Å². The molecule has 2 atom stereocenters. The number of hydrogen-bond acceptors (Lipinski definition) is 5. The molecule has 1 saturated carbocycles. The van der Waals surface area contributed by atoms with Gasteiger partial charge in [-0.25, -0.2) is 0 Å². The summed E-state index contributed by atoms with van der Waals surface area (Å²) in [5.41, 5.74) is 22.6. The number of rotatable bonds is 4. The lowest BCUT2D eigenvalue weighted by molar-refractivity contribution is 0.195. The summed E-state index contributed by atoms with van der Waals surface area (Å²) in [6.07, 6.45) is 6.53. The number of nitrogens with zero attached hydrogens (tertiary/aromatic N) is 4. The molecule has 0 N–H and O–H groups in total. The van der Waals surface area contributed by atoms with E-state index in [4.69, 9.17) is 9.40 Å². The van der Waals surface area contributed by atoms with Crippen LogP contribution in [0.25, 0.3) is 33.2 Å². The van der Waals surface area contributed by atoms with Crippen molar-refractivity contribution in [3.05, 3.63) is 180 Å². The standard InChI is InChI=1S/C67H67BN4O/c1-63(2,3)43-22-26-46(27-23-43)70-56-31-24-44(64(4,5)6)37-52(56)68-53-38-45(65(7,8)9)25-32-57(53)71(47-28-29-50-49-18-12-13-20-60(49)73-61(50)41-47)59-40-48(39-58(70)62(59)68)72-55-30-21-42(54-19-14-17-35-69-54)36-51(55)66(10)33-15-16-34-67(66,72)11/h12-14,17-32,35-41H,15-16,33-34H2,1-11H3. The molecule has 13 rings (SSSR count). The van der Waals surface area contributed by atoms with E-state index in [0.717, 1.165) is 51.8 Å². The lowest BCUT2D eigenvalue weighted by atomic mass is 9.33. The van der Waals surface area contributed by atoms with Gasteiger partial charge in [0.2, 0.25) is 0 Å². The Hall–Kier alpha value is -7.05. The SMILES string of the molecule is CC(C)(C)c1ccc(N2c3ccc(C(C)(C)C)cc3B3c4cc(C(C)(C)C)ccc4N(c4ccc5c(c4)oc4ccccc45)c4cc(N5c6ccc(-c7ccccn7)cc6C6(C)CCCCC56C)cc2c43)cc1. The second-order valence-corrected chi connectivity index (χ2v) is 25.2. The van der Waals surface area contributed by atoms with Crippen molar-refractivity contribution in [1.29, 1.82) is 0 Å². The smallest absolute Gasteiger partial charge is 0.252 e. The van der Waals surface area contributed by atoms with Crippen molar-refractivity contribution in [1.82, 2.24) is 4.98 Å². The molecule has 6 heteroatoms. The second-order valence-electron chi connectivity index (χ2n) is 25.2. The number of pyridine rings is 1. The lowest BCUT2D eigenvalue weighted by Crippen LogP contribution is -2.62. The minimum atomic E-state index is -0.198. The van der Waals surface area contributed by atoms with Crippen LogP contribution in [-0.2, 0) is 21.7 Å². The maximum atomic E-state index is 6.72. The first-order valence-electron chi connectivity index (χ1n) is 26.8. The highest BCUT2D eigenvalue weighted by Crippen LogP contribution is 2.62. The fourth-order valence-electron chi connectivity index (χ4n) is 13.4. The Morgan fingerprint density at radius 3 is 1.71 bits per heavy atom. The number of aromatic nitrogens is 1. The molecular weight excluding hydrogens is 888 g/mol. The van der Waals surface area contributed by atoms with E-state index in [1.54, 1.807) is 0 Å². The Morgan fingerprint density at radius 1 is 0.493 bits per heavy atom. The normalized spacial score (nSPS) is 19.2. The first-order valence-corrected chi connectivity index (χ1v) is 26.8. The fraction of sp³-hybridized carbons (Fsp3) is 0.299. The number of furan rings is 1. The monoisotopic (exact) mass is 955 g/mol. The van der Waals surface area contributed by atoms with Crippen LogP contribution in [0.15, 0.2) is 162 Å². The van der Waals surface area contributed by atoms with Crippen molar-refractivity contribution in [3.63, 3.8) is 0 Å². The van der Waals surface area contributed by atoms with Crippen molar-refractivity contribution >= 4 is 90.5 Å². The van der Waals surface area contributed by atoms with Gasteiger partial charge in [-0.3, -0.25) is 4.98 Å². The Kier molecular flexibility index (Phi) is 9.87. The van der Waals surface area contributed by atoms with Crippen LogP contribution < -0.4 is 31.1 Å². The molecule has 9 aromatic rings. The van der Waals surface area contributed by atoms with Gasteiger partial charge in [-0.1, -0.05) is 149 Å². The lowest BCUT2D eigenvalue weighted by Gasteiger charge is -2.51. The fourth-order valence-corrected chi connectivity index (χ4v) is 13.4. The van der Waals surface area contributed by atoms with E-state index in [9.17, 15) is 0 Å². The summed E-state index contributed by atoms with van der Waals surface area (Å²) in [7, 11) is 0. The largest absolute Gasteiger partial charge is 0.456 e. The molecule has 1 aliphatic carbocycles. The first-order chi connectivity index (χ1) is 34.8. The second kappa shape index (κ2) is 15.7. The molecule has 3 aliphatic heterocycles. The molecule has 5 nitrogen and oxygen atoms in total. The van der Waals surface area contributed by atoms with Crippen molar-refractivity contribution in [3.8, 4) is 11.3 Å². The van der Waals surface area contributed by atoms with E-state index in [2.05, 4.69) is 236 Å². The molecule has 0 saturated heterocycles. The molecule has 364 valence electrons. The molecule has 0 radical (unpaired) electrons. The highest BCUT2D eigenvalue weighted by molar-refractivity contribution is 7.00. The zero-order chi connectivity index (χ0) is 50.6. The van der Waals surface area contributed by atoms with Gasteiger partial charge < -0.3 is 19.1 Å². The Balaban J connectivity index is 1.14. The summed E-state index contributed by atoms with van der Waals surface area (Å²) < 4.78 is 6.72. The number of anilines is 8. The third-order valence-corrected chi connectivity index (χ3v) is 17.7. The van der Waals surface area contributed by atoms with Gasteiger partial charge in [0, 0.05) is 79.5 Å². The molecule has 2 aromatic heterocycles. The van der Waals surface area contributed by atoms with E-state index in [1.165, 1.54) is 91.2 Å². The van der Waals surface area contributed by atoms with E-state index in [1.807, 2.05) is 12.3 Å². The van der Waals surface area contributed by atoms with Gasteiger partial charge in [-0.15, -0.1) is 0 Å². The van der Waals surface area contributed by atoms with Gasteiger partial charge in [-0.2, -0.15) is 0 Å². The van der Waals surface area contributed by atoms with E-state index in [-0.39, 0.29) is 33.9 Å². The maximum Gasteiger partial charge on any atom is 0.252 e. The minimum Gasteiger partial charge on any atom is -0.456 e. The molecular formula is C67H67BN4O. The average molecular weight is 955 g/mol. The average Bonchev–Trinajstić information content (AvgIpc) is 3.84. The number of fused-ring (bicyclic) bond motifs is 10. The quantitative estimate of drug-likeness (QED) is 0.164. The summed E-state index contributed by atoms with van der Waals surface area (Å²) in [5, 5.41) is 2.27. The third-order valence-electron chi connectivity index (χ3n) is 17.7. The number of para-hydroxylation sites is 1. The molecule has 0 bridgehead atoms. The van der Waals surface area contributed by atoms with Gasteiger partial charge in [0.25, 0.3) is 6.71 Å². The van der Waals surface area contributed by atoms with Crippen LogP contribution in [-0.4, -0.2) is 17.2 Å². The molecule has 1 fully saturated rings. The summed E-state index contributed by atoms with van der Waals surface area (Å²) in [4.78, 5) is 12.8. The third kappa shape index (κ3) is 6.84. The van der Waals surface area contributed by atoms with Crippen LogP contribution in [0, 0.1) is 0 Å². The van der Waals surface area contributed by atoms with Crippen molar-refractivity contribution in [2.45, 2.75) is 129 Å². The first kappa shape index (κ1) is 45.8. The number of hydrogen-bond donors (Lipinski definition) is 0. The molecule has 4 aliphatic rings. The van der Waals surface area contributed by atoms with E-state index < -0.39 is 0 Å². The van der Waals surface area contributed by atoms with Crippen LogP contribution >= 0.6 is 0 Å². The predicted octanol–water partition coefficient (Wildman–Crippen LogP) is 16.4. The maximum absolute atomic E-state index is 6.72. The van der Waals surface area contributed by atoms with E-state index in [0.29, 0.717) is 0 Å². The molecule has 2 unspecified atom stereocenters. The highest BCUT2D eigenvalue weighted by Gasteiger charge is 2.58. The molecule has 73 heavy (non-hydrogen) atoms. The van der Waals surface area contributed by atoms with Crippen LogP contribution in [0.3, 0.4) is 0 Å². The van der Waals surface area contributed by atoms with Crippen molar-refractivity contribution in [2.24, 2.45) is 0 Å². The van der Waals surface area contributed by atoms with Gasteiger partial charge in [0.15, 0.2) is 0 Å². The minimum absolute atomic E-state index is 0.0156. The van der Waals surface area contributed by atoms with Crippen LogP contribution in [0.5, 0.6) is 0 Å². The van der Waals surface area contributed by atoms with Crippen LogP contribution in [0.1, 0.15) is 124 Å². The molecule has 0 amide bonds. The molecule has 7 aromatic carbocycles. The van der Waals surface area contributed by atoms with Crippen LogP contribution in [0.4, 0.5) is 45.5 Å². The van der Waals surface area contributed by atoms with E-state index >= 15 is 0 Å².